The Balaban J connectivity index is 2.45. The van der Waals surface area contributed by atoms with Crippen LogP contribution in [-0.2, 0) is 15.6 Å². The molecular weight excluding hydrogens is 386 g/mol. The van der Waals surface area contributed by atoms with E-state index in [1.807, 2.05) is 0 Å². The topological polar surface area (TPSA) is 59.1 Å². The van der Waals surface area contributed by atoms with Crippen molar-refractivity contribution in [2.45, 2.75) is 24.3 Å². The lowest BCUT2D eigenvalue weighted by Gasteiger charge is -2.24. The number of hydrogen-bond acceptors (Lipinski definition) is 4. The van der Waals surface area contributed by atoms with Crippen molar-refractivity contribution < 1.29 is 17.2 Å². The smallest absolute Gasteiger partial charge is 0.245 e. The summed E-state index contributed by atoms with van der Waals surface area (Å²) in [6.07, 6.45) is 1.55. The Hall–Kier alpha value is -0.900. The first-order valence-corrected chi connectivity index (χ1v) is 8.87. The first kappa shape index (κ1) is 16.5. The van der Waals surface area contributed by atoms with Crippen LogP contribution in [0.25, 0.3) is 0 Å². The van der Waals surface area contributed by atoms with Gasteiger partial charge in [-0.15, -0.1) is 11.3 Å². The molecular formula is C12H11BrF2N2O2S2. The number of hydrogen-bond donors (Lipinski definition) is 1. The van der Waals surface area contributed by atoms with Crippen LogP contribution >= 0.6 is 27.3 Å². The van der Waals surface area contributed by atoms with Gasteiger partial charge in [-0.3, -0.25) is 0 Å². The van der Waals surface area contributed by atoms with Gasteiger partial charge >= 0.3 is 0 Å². The molecule has 0 aliphatic heterocycles. The fraction of sp³-hybridized carbons (Fsp3) is 0.250. The molecule has 21 heavy (non-hydrogen) atoms. The van der Waals surface area contributed by atoms with Gasteiger partial charge < -0.3 is 0 Å². The molecule has 0 amide bonds. The van der Waals surface area contributed by atoms with E-state index in [0.29, 0.717) is 11.1 Å². The molecule has 2 rings (SSSR count). The average molecular weight is 397 g/mol. The number of aromatic nitrogens is 1. The van der Waals surface area contributed by atoms with E-state index in [9.17, 15) is 17.2 Å². The number of benzene rings is 1. The van der Waals surface area contributed by atoms with Gasteiger partial charge in [0.2, 0.25) is 10.0 Å². The van der Waals surface area contributed by atoms with E-state index in [1.54, 1.807) is 25.4 Å². The monoisotopic (exact) mass is 396 g/mol. The number of nitrogens with zero attached hydrogens (tertiary/aromatic N) is 1. The van der Waals surface area contributed by atoms with Gasteiger partial charge in [-0.05, 0) is 35.8 Å². The molecule has 0 saturated carbocycles. The van der Waals surface area contributed by atoms with Crippen LogP contribution in [0.4, 0.5) is 8.78 Å². The molecule has 0 bridgehead atoms. The Bertz CT molecular complexity index is 739. The Morgan fingerprint density at radius 1 is 1.33 bits per heavy atom. The highest BCUT2D eigenvalue weighted by Gasteiger charge is 2.33. The first-order valence-electron chi connectivity index (χ1n) is 5.72. The predicted octanol–water partition coefficient (Wildman–Crippen LogP) is 3.40. The highest BCUT2D eigenvalue weighted by atomic mass is 79.9. The minimum Gasteiger partial charge on any atom is -0.248 e. The summed E-state index contributed by atoms with van der Waals surface area (Å²) < 4.78 is 53.8. The standard InChI is InChI=1S/C12H11BrF2N2O2S2/c1-12(2,11-16-3-4-20-11)17-21(18,19)10-8(13)5-7(14)6-9(10)15/h3-6,17H,1-2H3. The molecule has 0 aliphatic rings. The number of nitrogens with one attached hydrogen (secondary N) is 1. The highest BCUT2D eigenvalue weighted by molar-refractivity contribution is 9.10. The van der Waals surface area contributed by atoms with Crippen LogP contribution in [0, 0.1) is 11.6 Å². The number of thiazole rings is 1. The molecule has 0 atom stereocenters. The molecule has 1 aromatic carbocycles. The maximum absolute atomic E-state index is 13.8. The summed E-state index contributed by atoms with van der Waals surface area (Å²) in [5.41, 5.74) is -1.02. The molecule has 114 valence electrons. The Morgan fingerprint density at radius 2 is 2.00 bits per heavy atom. The summed E-state index contributed by atoms with van der Waals surface area (Å²) in [6.45, 7) is 3.22. The van der Waals surface area contributed by atoms with Gasteiger partial charge in [-0.25, -0.2) is 22.2 Å². The molecule has 0 unspecified atom stereocenters. The van der Waals surface area contributed by atoms with Crippen molar-refractivity contribution in [2.24, 2.45) is 0 Å². The fourth-order valence-electron chi connectivity index (χ4n) is 1.75. The van der Waals surface area contributed by atoms with Gasteiger partial charge in [-0.2, -0.15) is 4.72 Å². The molecule has 9 heteroatoms. The van der Waals surface area contributed by atoms with Crippen LogP contribution in [0.1, 0.15) is 18.9 Å². The largest absolute Gasteiger partial charge is 0.248 e. The second-order valence-electron chi connectivity index (χ2n) is 4.77. The van der Waals surface area contributed by atoms with Crippen molar-refractivity contribution in [2.75, 3.05) is 0 Å². The average Bonchev–Trinajstić information content (AvgIpc) is 2.78. The van der Waals surface area contributed by atoms with E-state index in [0.717, 1.165) is 6.07 Å². The van der Waals surface area contributed by atoms with Crippen molar-refractivity contribution in [3.8, 4) is 0 Å². The van der Waals surface area contributed by atoms with Crippen molar-refractivity contribution in [1.29, 1.82) is 0 Å². The normalized spacial score (nSPS) is 12.6. The van der Waals surface area contributed by atoms with Crippen LogP contribution in [0.15, 0.2) is 33.1 Å². The zero-order valence-electron chi connectivity index (χ0n) is 11.0. The summed E-state index contributed by atoms with van der Waals surface area (Å²) in [4.78, 5) is 3.42. The lowest BCUT2D eigenvalue weighted by Crippen LogP contribution is -2.41. The van der Waals surface area contributed by atoms with Gasteiger partial charge in [0.05, 0.1) is 5.54 Å². The zero-order valence-corrected chi connectivity index (χ0v) is 14.2. The van der Waals surface area contributed by atoms with Crippen LogP contribution in [0.2, 0.25) is 0 Å². The molecule has 0 spiro atoms. The lowest BCUT2D eigenvalue weighted by molar-refractivity contribution is 0.465. The molecule has 0 fully saturated rings. The van der Waals surface area contributed by atoms with E-state index in [2.05, 4.69) is 25.6 Å². The van der Waals surface area contributed by atoms with Crippen molar-refractivity contribution in [1.82, 2.24) is 9.71 Å². The molecule has 0 saturated heterocycles. The zero-order chi connectivity index (χ0) is 15.8. The van der Waals surface area contributed by atoms with Gasteiger partial charge in [0.15, 0.2) is 0 Å². The molecule has 1 N–H and O–H groups in total. The second-order valence-corrected chi connectivity index (χ2v) is 8.13. The second kappa shape index (κ2) is 5.71. The van der Waals surface area contributed by atoms with Crippen molar-refractivity contribution in [3.63, 3.8) is 0 Å². The van der Waals surface area contributed by atoms with Gasteiger partial charge in [-0.1, -0.05) is 0 Å². The minimum atomic E-state index is -4.19. The van der Waals surface area contributed by atoms with E-state index >= 15 is 0 Å². The van der Waals surface area contributed by atoms with Crippen molar-refractivity contribution in [3.05, 3.63) is 44.8 Å². The number of rotatable bonds is 4. The maximum atomic E-state index is 13.8. The summed E-state index contributed by atoms with van der Waals surface area (Å²) in [5.74, 6) is -2.03. The Labute approximate surface area is 133 Å². The molecule has 0 radical (unpaired) electrons. The van der Waals surface area contributed by atoms with Crippen LogP contribution < -0.4 is 4.72 Å². The quantitative estimate of drug-likeness (QED) is 0.861. The summed E-state index contributed by atoms with van der Waals surface area (Å²) in [7, 11) is -4.19. The van der Waals surface area contributed by atoms with E-state index in [-0.39, 0.29) is 4.47 Å². The van der Waals surface area contributed by atoms with E-state index in [1.165, 1.54) is 11.3 Å². The SMILES string of the molecule is CC(C)(NS(=O)(=O)c1c(F)cc(F)cc1Br)c1nccs1. The van der Waals surface area contributed by atoms with E-state index < -0.39 is 32.1 Å². The predicted molar refractivity (Wildman–Crippen MR) is 79.5 cm³/mol. The van der Waals surface area contributed by atoms with Crippen LogP contribution in [0.3, 0.4) is 0 Å². The van der Waals surface area contributed by atoms with E-state index in [4.69, 9.17) is 0 Å². The minimum absolute atomic E-state index is 0.178. The third kappa shape index (κ3) is 3.47. The van der Waals surface area contributed by atoms with Crippen LogP contribution in [-0.4, -0.2) is 13.4 Å². The molecule has 2 aromatic rings. The first-order chi connectivity index (χ1) is 9.63. The molecule has 1 aromatic heterocycles. The summed E-state index contributed by atoms with van der Waals surface area (Å²) in [5, 5.41) is 2.24. The maximum Gasteiger partial charge on any atom is 0.245 e. The van der Waals surface area contributed by atoms with Gasteiger partial charge in [0.1, 0.15) is 21.5 Å². The fourth-order valence-corrected chi connectivity index (χ4v) is 5.08. The molecule has 1 heterocycles. The lowest BCUT2D eigenvalue weighted by atomic mass is 10.1. The third-order valence-corrected chi connectivity index (χ3v) is 6.30. The number of halogens is 3. The molecule has 0 aliphatic carbocycles. The van der Waals surface area contributed by atoms with Gasteiger partial charge in [0, 0.05) is 22.1 Å². The highest BCUT2D eigenvalue weighted by Crippen LogP contribution is 2.30. The Kier molecular flexibility index (Phi) is 4.48. The van der Waals surface area contributed by atoms with Crippen molar-refractivity contribution >= 4 is 37.3 Å². The van der Waals surface area contributed by atoms with Crippen LogP contribution in [0.5, 0.6) is 0 Å². The van der Waals surface area contributed by atoms with Gasteiger partial charge in [0.25, 0.3) is 0 Å². The number of sulfonamides is 1. The molecule has 4 nitrogen and oxygen atoms in total. The Morgan fingerprint density at radius 3 is 2.52 bits per heavy atom. The summed E-state index contributed by atoms with van der Waals surface area (Å²) in [6, 6.07) is 1.42. The summed E-state index contributed by atoms with van der Waals surface area (Å²) >= 11 is 4.15. The third-order valence-electron chi connectivity index (χ3n) is 2.59.